The highest BCUT2D eigenvalue weighted by atomic mass is 16.2. The molecule has 0 spiro atoms. The molecule has 0 radical (unpaired) electrons. The Morgan fingerprint density at radius 1 is 0.909 bits per heavy atom. The molecule has 0 saturated carbocycles. The van der Waals surface area contributed by atoms with E-state index in [0.717, 1.165) is 61.0 Å². The van der Waals surface area contributed by atoms with Crippen LogP contribution in [0, 0.1) is 0 Å². The van der Waals surface area contributed by atoms with Gasteiger partial charge in [0.05, 0.1) is 5.69 Å². The summed E-state index contributed by atoms with van der Waals surface area (Å²) in [6.45, 7) is 1.90. The highest BCUT2D eigenvalue weighted by molar-refractivity contribution is 5.94. The summed E-state index contributed by atoms with van der Waals surface area (Å²) < 4.78 is 1.96. The number of carbonyl (C=O) groups excluding carboxylic acids is 2. The summed E-state index contributed by atoms with van der Waals surface area (Å²) in [5, 5.41) is 7.86. The predicted molar refractivity (Wildman–Crippen MR) is 127 cm³/mol. The van der Waals surface area contributed by atoms with Crippen LogP contribution in [0.25, 0.3) is 5.69 Å². The number of rotatable bonds is 6. The van der Waals surface area contributed by atoms with Crippen LogP contribution in [0.3, 0.4) is 0 Å². The first-order valence-corrected chi connectivity index (χ1v) is 12.0. The number of hydrogen-bond acceptors (Lipinski definition) is 3. The Bertz CT molecular complexity index is 1150. The molecule has 1 aliphatic carbocycles. The Hall–Kier alpha value is -3.41. The number of likely N-dealkylation sites (tertiary alicyclic amines) is 1. The number of nitrogens with one attached hydrogen (secondary N) is 1. The average molecular weight is 443 g/mol. The van der Waals surface area contributed by atoms with Gasteiger partial charge in [-0.25, -0.2) is 4.68 Å². The second-order valence-corrected chi connectivity index (χ2v) is 9.00. The first kappa shape index (κ1) is 21.4. The molecule has 0 atom stereocenters. The molecule has 3 aromatic rings. The molecule has 0 bridgehead atoms. The van der Waals surface area contributed by atoms with E-state index in [0.29, 0.717) is 25.2 Å². The second kappa shape index (κ2) is 9.61. The Kier molecular flexibility index (Phi) is 6.24. The van der Waals surface area contributed by atoms with Crippen molar-refractivity contribution >= 4 is 11.8 Å². The maximum atomic E-state index is 13.2. The molecule has 5 rings (SSSR count). The van der Waals surface area contributed by atoms with Crippen molar-refractivity contribution < 1.29 is 9.59 Å². The van der Waals surface area contributed by atoms with Crippen LogP contribution in [-0.4, -0.2) is 33.0 Å². The molecule has 1 aromatic heterocycles. The maximum absolute atomic E-state index is 13.2. The Morgan fingerprint density at radius 2 is 1.73 bits per heavy atom. The number of carbonyl (C=O) groups is 2. The number of nitrogens with zero attached hydrogens (tertiary/aromatic N) is 3. The first-order chi connectivity index (χ1) is 16.2. The fraction of sp³-hybridized carbons (Fsp3) is 0.370. The zero-order valence-electron chi connectivity index (χ0n) is 18.9. The lowest BCUT2D eigenvalue weighted by atomic mass is 10.1. The maximum Gasteiger partial charge on any atom is 0.272 e. The van der Waals surface area contributed by atoms with Crippen LogP contribution in [0.15, 0.2) is 54.6 Å². The smallest absolute Gasteiger partial charge is 0.272 e. The molecular weight excluding hydrogens is 412 g/mol. The minimum Gasteiger partial charge on any atom is -0.347 e. The highest BCUT2D eigenvalue weighted by Crippen LogP contribution is 2.26. The van der Waals surface area contributed by atoms with Gasteiger partial charge in [-0.1, -0.05) is 48.9 Å². The van der Waals surface area contributed by atoms with E-state index >= 15 is 0 Å². The highest BCUT2D eigenvalue weighted by Gasteiger charge is 2.25. The molecular formula is C27H30N4O2. The van der Waals surface area contributed by atoms with Gasteiger partial charge in [0.1, 0.15) is 0 Å². The van der Waals surface area contributed by atoms with Gasteiger partial charge < -0.3 is 10.2 Å². The van der Waals surface area contributed by atoms with Crippen LogP contribution in [0.4, 0.5) is 0 Å². The van der Waals surface area contributed by atoms with Gasteiger partial charge in [0, 0.05) is 37.3 Å². The summed E-state index contributed by atoms with van der Waals surface area (Å²) in [6.07, 6.45) is 6.82. The summed E-state index contributed by atoms with van der Waals surface area (Å²) in [5.41, 5.74) is 5.94. The zero-order valence-corrected chi connectivity index (χ0v) is 18.9. The fourth-order valence-corrected chi connectivity index (χ4v) is 4.94. The summed E-state index contributed by atoms with van der Waals surface area (Å²) in [7, 11) is 0. The molecule has 2 amide bonds. The topological polar surface area (TPSA) is 67.2 Å². The Morgan fingerprint density at radius 3 is 2.55 bits per heavy atom. The molecule has 2 aliphatic rings. The van der Waals surface area contributed by atoms with E-state index in [2.05, 4.69) is 11.4 Å². The SMILES string of the molecule is O=C(NCc1cccc(CN2CCCC2=O)c1)c1nn(-c2ccccc2)c2c1CCCCC2. The Labute approximate surface area is 194 Å². The number of amides is 2. The molecule has 1 saturated heterocycles. The van der Waals surface area contributed by atoms with Crippen LogP contribution in [-0.2, 0) is 30.7 Å². The molecule has 1 fully saturated rings. The summed E-state index contributed by atoms with van der Waals surface area (Å²) in [4.78, 5) is 27.1. The average Bonchev–Trinajstić information content (AvgIpc) is 3.32. The summed E-state index contributed by atoms with van der Waals surface area (Å²) in [6, 6.07) is 18.2. The summed E-state index contributed by atoms with van der Waals surface area (Å²) in [5.74, 6) is 0.103. The monoisotopic (exact) mass is 442 g/mol. The standard InChI is InChI=1S/C27H30N4O2/c32-25-15-8-16-30(25)19-21-10-7-9-20(17-21)18-28-27(33)26-23-13-5-2-6-14-24(23)31(29-26)22-11-3-1-4-12-22/h1,3-4,7,9-12,17H,2,5-6,8,13-16,18-19H2,(H,28,33). The zero-order chi connectivity index (χ0) is 22.6. The normalized spacial score (nSPS) is 15.9. The number of aromatic nitrogens is 2. The van der Waals surface area contributed by atoms with E-state index in [-0.39, 0.29) is 11.8 Å². The van der Waals surface area contributed by atoms with Gasteiger partial charge in [0.25, 0.3) is 5.91 Å². The van der Waals surface area contributed by atoms with Crippen molar-refractivity contribution in [1.29, 1.82) is 0 Å². The van der Waals surface area contributed by atoms with E-state index in [9.17, 15) is 9.59 Å². The van der Waals surface area contributed by atoms with E-state index in [1.165, 1.54) is 12.1 Å². The molecule has 1 N–H and O–H groups in total. The van der Waals surface area contributed by atoms with Crippen molar-refractivity contribution in [3.63, 3.8) is 0 Å². The molecule has 6 heteroatoms. The van der Waals surface area contributed by atoms with Crippen LogP contribution in [0.1, 0.15) is 65.0 Å². The van der Waals surface area contributed by atoms with Gasteiger partial charge in [-0.2, -0.15) is 5.10 Å². The van der Waals surface area contributed by atoms with Crippen molar-refractivity contribution in [3.8, 4) is 5.69 Å². The number of benzene rings is 2. The fourth-order valence-electron chi connectivity index (χ4n) is 4.94. The van der Waals surface area contributed by atoms with Gasteiger partial charge in [-0.3, -0.25) is 9.59 Å². The lowest BCUT2D eigenvalue weighted by Crippen LogP contribution is -2.25. The van der Waals surface area contributed by atoms with Gasteiger partial charge in [-0.15, -0.1) is 0 Å². The number of para-hydroxylation sites is 1. The van der Waals surface area contributed by atoms with E-state index in [4.69, 9.17) is 5.10 Å². The van der Waals surface area contributed by atoms with Crippen LogP contribution in [0.2, 0.25) is 0 Å². The molecule has 2 heterocycles. The first-order valence-electron chi connectivity index (χ1n) is 12.0. The van der Waals surface area contributed by atoms with Gasteiger partial charge >= 0.3 is 0 Å². The van der Waals surface area contributed by atoms with Crippen molar-refractivity contribution in [2.45, 2.75) is 58.0 Å². The third-order valence-electron chi connectivity index (χ3n) is 6.64. The van der Waals surface area contributed by atoms with Crippen molar-refractivity contribution in [2.24, 2.45) is 0 Å². The minimum atomic E-state index is -0.122. The molecule has 0 unspecified atom stereocenters. The molecule has 6 nitrogen and oxygen atoms in total. The molecule has 2 aromatic carbocycles. The van der Waals surface area contributed by atoms with Gasteiger partial charge in [0.2, 0.25) is 5.91 Å². The van der Waals surface area contributed by atoms with E-state index in [1.54, 1.807) is 0 Å². The van der Waals surface area contributed by atoms with E-state index < -0.39 is 0 Å². The van der Waals surface area contributed by atoms with Crippen LogP contribution in [0.5, 0.6) is 0 Å². The molecule has 33 heavy (non-hydrogen) atoms. The predicted octanol–water partition coefficient (Wildman–Crippen LogP) is 4.19. The van der Waals surface area contributed by atoms with Crippen molar-refractivity contribution in [3.05, 3.63) is 82.7 Å². The third-order valence-corrected chi connectivity index (χ3v) is 6.64. The molecule has 1 aliphatic heterocycles. The number of fused-ring (bicyclic) bond motifs is 1. The van der Waals surface area contributed by atoms with Crippen molar-refractivity contribution in [2.75, 3.05) is 6.54 Å². The molecule has 170 valence electrons. The quantitative estimate of drug-likeness (QED) is 0.582. The summed E-state index contributed by atoms with van der Waals surface area (Å²) >= 11 is 0. The lowest BCUT2D eigenvalue weighted by molar-refractivity contribution is -0.128. The van der Waals surface area contributed by atoms with E-state index in [1.807, 2.05) is 58.1 Å². The number of hydrogen-bond donors (Lipinski definition) is 1. The second-order valence-electron chi connectivity index (χ2n) is 9.00. The van der Waals surface area contributed by atoms with Crippen molar-refractivity contribution in [1.82, 2.24) is 20.0 Å². The third kappa shape index (κ3) is 4.70. The van der Waals surface area contributed by atoms with Crippen LogP contribution < -0.4 is 5.32 Å². The minimum absolute atomic E-state index is 0.122. The van der Waals surface area contributed by atoms with Gasteiger partial charge in [0.15, 0.2) is 5.69 Å². The van der Waals surface area contributed by atoms with Crippen LogP contribution >= 0.6 is 0 Å². The van der Waals surface area contributed by atoms with Gasteiger partial charge in [-0.05, 0) is 55.4 Å². The Balaban J connectivity index is 1.33. The lowest BCUT2D eigenvalue weighted by Gasteiger charge is -2.16. The largest absolute Gasteiger partial charge is 0.347 e.